The first-order chi connectivity index (χ1) is 6.83. The molecule has 0 aromatic carbocycles. The number of aromatic nitrogens is 2. The fourth-order valence-corrected chi connectivity index (χ4v) is 2.38. The molecule has 0 atom stereocenters. The average molecular weight is 225 g/mol. The van der Waals surface area contributed by atoms with Gasteiger partial charge in [0, 0.05) is 5.56 Å². The van der Waals surface area contributed by atoms with Crippen molar-refractivity contribution >= 4 is 29.1 Å². The van der Waals surface area contributed by atoms with Crippen LogP contribution in [0.5, 0.6) is 0 Å². The van der Waals surface area contributed by atoms with E-state index < -0.39 is 0 Å². The van der Waals surface area contributed by atoms with Gasteiger partial charge >= 0.3 is 0 Å². The molecule has 1 N–H and O–H groups in total. The minimum absolute atomic E-state index is 0.867. The number of hydrogen-bond donors (Lipinski definition) is 1. The molecule has 2 rings (SSSR count). The summed E-state index contributed by atoms with van der Waals surface area (Å²) in [6.07, 6.45) is 1.42. The zero-order valence-corrected chi connectivity index (χ0v) is 8.97. The zero-order chi connectivity index (χ0) is 9.97. The van der Waals surface area contributed by atoms with Crippen molar-refractivity contribution in [2.45, 2.75) is 6.92 Å². The highest BCUT2D eigenvalue weighted by Gasteiger charge is 2.11. The van der Waals surface area contributed by atoms with Crippen molar-refractivity contribution in [3.63, 3.8) is 0 Å². The van der Waals surface area contributed by atoms with E-state index in [0.717, 1.165) is 21.0 Å². The second kappa shape index (κ2) is 3.85. The van der Waals surface area contributed by atoms with E-state index in [0.29, 0.717) is 0 Å². The van der Waals surface area contributed by atoms with E-state index in [1.807, 2.05) is 18.4 Å². The summed E-state index contributed by atoms with van der Waals surface area (Å²) < 4.78 is 3.87. The Kier molecular flexibility index (Phi) is 2.55. The van der Waals surface area contributed by atoms with Crippen LogP contribution >= 0.6 is 22.9 Å². The second-order valence-electron chi connectivity index (χ2n) is 2.62. The summed E-state index contributed by atoms with van der Waals surface area (Å²) >= 11 is 2.87. The molecule has 6 heteroatoms. The molecule has 2 aromatic rings. The average Bonchev–Trinajstić information content (AvgIpc) is 2.74. The van der Waals surface area contributed by atoms with Gasteiger partial charge in [0.05, 0.1) is 16.0 Å². The topological polar surface area (TPSA) is 58.4 Å². The predicted octanol–water partition coefficient (Wildman–Crippen LogP) is 2.38. The van der Waals surface area contributed by atoms with Crippen LogP contribution in [0.4, 0.5) is 0 Å². The van der Waals surface area contributed by atoms with Gasteiger partial charge in [-0.1, -0.05) is 9.64 Å². The molecule has 0 unspecified atom stereocenters. The molecule has 2 heterocycles. The lowest BCUT2D eigenvalue weighted by Gasteiger charge is -1.94. The van der Waals surface area contributed by atoms with Crippen molar-refractivity contribution in [3.8, 4) is 11.3 Å². The SMILES string of the molecule is Cc1snnc1-c1ccsc1C=NO. The Labute approximate surface area is 88.7 Å². The van der Waals surface area contributed by atoms with Gasteiger partial charge in [0.15, 0.2) is 0 Å². The van der Waals surface area contributed by atoms with Crippen molar-refractivity contribution in [1.29, 1.82) is 0 Å². The van der Waals surface area contributed by atoms with Crippen LogP contribution in [0.2, 0.25) is 0 Å². The van der Waals surface area contributed by atoms with Gasteiger partial charge in [-0.15, -0.1) is 16.4 Å². The summed E-state index contributed by atoms with van der Waals surface area (Å²) in [7, 11) is 0. The van der Waals surface area contributed by atoms with Gasteiger partial charge < -0.3 is 5.21 Å². The van der Waals surface area contributed by atoms with Crippen molar-refractivity contribution in [2.24, 2.45) is 5.16 Å². The quantitative estimate of drug-likeness (QED) is 0.485. The Hall–Kier alpha value is -1.27. The van der Waals surface area contributed by atoms with Crippen molar-refractivity contribution < 1.29 is 5.21 Å². The third-order valence-electron chi connectivity index (χ3n) is 1.78. The Morgan fingerprint density at radius 2 is 2.43 bits per heavy atom. The van der Waals surface area contributed by atoms with Crippen LogP contribution in [0, 0.1) is 6.92 Å². The van der Waals surface area contributed by atoms with Crippen LogP contribution in [0.1, 0.15) is 9.75 Å². The lowest BCUT2D eigenvalue weighted by molar-refractivity contribution is 0.322. The fraction of sp³-hybridized carbons (Fsp3) is 0.125. The molecule has 2 aromatic heterocycles. The lowest BCUT2D eigenvalue weighted by atomic mass is 10.2. The van der Waals surface area contributed by atoms with Crippen molar-refractivity contribution in [1.82, 2.24) is 9.59 Å². The molecule has 0 aliphatic rings. The fourth-order valence-electron chi connectivity index (χ4n) is 1.15. The highest BCUT2D eigenvalue weighted by atomic mass is 32.1. The maximum atomic E-state index is 8.47. The van der Waals surface area contributed by atoms with Crippen molar-refractivity contribution in [2.75, 3.05) is 0 Å². The summed E-state index contributed by atoms with van der Waals surface area (Å²) in [6, 6.07) is 1.95. The van der Waals surface area contributed by atoms with Crippen LogP contribution in [0.3, 0.4) is 0 Å². The number of hydrogen-bond acceptors (Lipinski definition) is 6. The Balaban J connectivity index is 2.51. The van der Waals surface area contributed by atoms with Crippen LogP contribution in [-0.2, 0) is 0 Å². The molecular weight excluding hydrogens is 218 g/mol. The maximum absolute atomic E-state index is 8.47. The Morgan fingerprint density at radius 1 is 1.57 bits per heavy atom. The highest BCUT2D eigenvalue weighted by Crippen LogP contribution is 2.28. The summed E-state index contributed by atoms with van der Waals surface area (Å²) in [6.45, 7) is 1.97. The molecule has 0 bridgehead atoms. The van der Waals surface area contributed by atoms with E-state index in [1.165, 1.54) is 29.1 Å². The standard InChI is InChI=1S/C8H7N3OS2/c1-5-8(10-11-14-5)6-2-3-13-7(6)4-9-12/h2-4,12H,1H3. The molecule has 0 saturated carbocycles. The third kappa shape index (κ3) is 1.53. The minimum Gasteiger partial charge on any atom is -0.411 e. The Morgan fingerprint density at radius 3 is 3.07 bits per heavy atom. The van der Waals surface area contributed by atoms with E-state index >= 15 is 0 Å². The number of aryl methyl sites for hydroxylation is 1. The van der Waals surface area contributed by atoms with Gasteiger partial charge in [-0.05, 0) is 29.9 Å². The van der Waals surface area contributed by atoms with E-state index in [9.17, 15) is 0 Å². The van der Waals surface area contributed by atoms with E-state index in [2.05, 4.69) is 14.7 Å². The van der Waals surface area contributed by atoms with Crippen LogP contribution in [0.15, 0.2) is 16.6 Å². The van der Waals surface area contributed by atoms with Gasteiger partial charge in [-0.2, -0.15) is 0 Å². The summed E-state index contributed by atoms with van der Waals surface area (Å²) in [5.41, 5.74) is 1.84. The third-order valence-corrected chi connectivity index (χ3v) is 3.26. The predicted molar refractivity (Wildman–Crippen MR) is 57.3 cm³/mol. The van der Waals surface area contributed by atoms with E-state index in [-0.39, 0.29) is 0 Å². The first-order valence-corrected chi connectivity index (χ1v) is 5.52. The minimum atomic E-state index is 0.867. The van der Waals surface area contributed by atoms with Gasteiger partial charge in [0.2, 0.25) is 0 Å². The zero-order valence-electron chi connectivity index (χ0n) is 7.34. The summed E-state index contributed by atoms with van der Waals surface area (Å²) in [5.74, 6) is 0. The van der Waals surface area contributed by atoms with E-state index in [1.54, 1.807) is 0 Å². The molecule has 0 fully saturated rings. The highest BCUT2D eigenvalue weighted by molar-refractivity contribution is 7.12. The van der Waals surface area contributed by atoms with Gasteiger partial charge in [-0.25, -0.2) is 0 Å². The molecule has 0 aliphatic carbocycles. The Bertz CT molecular complexity index is 461. The van der Waals surface area contributed by atoms with Crippen LogP contribution in [0.25, 0.3) is 11.3 Å². The second-order valence-corrected chi connectivity index (χ2v) is 4.53. The maximum Gasteiger partial charge on any atom is 0.110 e. The van der Waals surface area contributed by atoms with Crippen molar-refractivity contribution in [3.05, 3.63) is 21.2 Å². The van der Waals surface area contributed by atoms with Crippen LogP contribution in [-0.4, -0.2) is 21.0 Å². The lowest BCUT2D eigenvalue weighted by Crippen LogP contribution is -1.83. The molecule has 0 aliphatic heterocycles. The summed E-state index contributed by atoms with van der Waals surface area (Å²) in [5, 5.41) is 17.5. The molecule has 4 nitrogen and oxygen atoms in total. The van der Waals surface area contributed by atoms with Gasteiger partial charge in [0.1, 0.15) is 5.69 Å². The molecule has 0 saturated heterocycles. The number of oxime groups is 1. The molecule has 72 valence electrons. The molecule has 0 spiro atoms. The normalized spacial score (nSPS) is 11.2. The van der Waals surface area contributed by atoms with Gasteiger partial charge in [-0.3, -0.25) is 0 Å². The number of nitrogens with zero attached hydrogens (tertiary/aromatic N) is 3. The van der Waals surface area contributed by atoms with Crippen LogP contribution < -0.4 is 0 Å². The van der Waals surface area contributed by atoms with E-state index in [4.69, 9.17) is 5.21 Å². The first kappa shape index (κ1) is 9.29. The summed E-state index contributed by atoms with van der Waals surface area (Å²) in [4.78, 5) is 1.96. The molecule has 0 radical (unpaired) electrons. The number of rotatable bonds is 2. The molecule has 0 amide bonds. The largest absolute Gasteiger partial charge is 0.411 e. The van der Waals surface area contributed by atoms with Gasteiger partial charge in [0.25, 0.3) is 0 Å². The molecular formula is C8H7N3OS2. The number of thiophene rings is 1. The first-order valence-electron chi connectivity index (χ1n) is 3.87. The smallest absolute Gasteiger partial charge is 0.110 e. The monoisotopic (exact) mass is 225 g/mol. The molecule has 14 heavy (non-hydrogen) atoms.